The van der Waals surface area contributed by atoms with Crippen LogP contribution in [0, 0.1) is 0 Å². The van der Waals surface area contributed by atoms with Gasteiger partial charge in [0.15, 0.2) is 0 Å². The third-order valence-corrected chi connectivity index (χ3v) is 3.46. The van der Waals surface area contributed by atoms with Crippen molar-refractivity contribution in [3.8, 4) is 0 Å². The van der Waals surface area contributed by atoms with Gasteiger partial charge < -0.3 is 20.4 Å². The Balaban J connectivity index is 1.74. The summed E-state index contributed by atoms with van der Waals surface area (Å²) in [6.45, 7) is 1.70. The van der Waals surface area contributed by atoms with Crippen LogP contribution in [0.2, 0.25) is 0 Å². The third-order valence-electron chi connectivity index (χ3n) is 3.46. The monoisotopic (exact) mass is 271 g/mol. The highest BCUT2D eigenvalue weighted by molar-refractivity contribution is 5.93. The van der Waals surface area contributed by atoms with Crippen molar-refractivity contribution in [2.45, 2.75) is 6.10 Å². The first-order chi connectivity index (χ1) is 9.74. The van der Waals surface area contributed by atoms with Crippen molar-refractivity contribution in [3.05, 3.63) is 53.9 Å². The lowest BCUT2D eigenvalue weighted by molar-refractivity contribution is -0.0229. The maximum Gasteiger partial charge on any atom is 0.270 e. The maximum atomic E-state index is 12.4. The van der Waals surface area contributed by atoms with Gasteiger partial charge in [-0.3, -0.25) is 4.79 Å². The smallest absolute Gasteiger partial charge is 0.270 e. The number of rotatable bonds is 2. The fraction of sp³-hybridized carbons (Fsp3) is 0.267. The second-order valence-electron chi connectivity index (χ2n) is 4.87. The number of nitrogens with two attached hydrogens (primary N) is 1. The van der Waals surface area contributed by atoms with E-state index in [-0.39, 0.29) is 12.0 Å². The number of nitrogen functional groups attached to an aromatic ring is 1. The second kappa shape index (κ2) is 5.38. The number of ether oxygens (including phenoxy) is 1. The Kier molecular flexibility index (Phi) is 3.43. The minimum Gasteiger partial charge on any atom is -0.397 e. The van der Waals surface area contributed by atoms with E-state index in [1.54, 1.807) is 17.2 Å². The highest BCUT2D eigenvalue weighted by Crippen LogP contribution is 2.23. The number of carbonyl (C=O) groups is 1. The first-order valence-electron chi connectivity index (χ1n) is 6.64. The number of nitrogens with zero attached hydrogens (tertiary/aromatic N) is 1. The van der Waals surface area contributed by atoms with Crippen molar-refractivity contribution >= 4 is 11.6 Å². The summed E-state index contributed by atoms with van der Waals surface area (Å²) in [7, 11) is 0. The summed E-state index contributed by atoms with van der Waals surface area (Å²) in [5, 5.41) is 0. The van der Waals surface area contributed by atoms with E-state index in [1.807, 2.05) is 30.3 Å². The van der Waals surface area contributed by atoms with Crippen LogP contribution in [0.3, 0.4) is 0 Å². The van der Waals surface area contributed by atoms with Gasteiger partial charge in [0.2, 0.25) is 0 Å². The zero-order chi connectivity index (χ0) is 13.9. The van der Waals surface area contributed by atoms with Gasteiger partial charge in [-0.2, -0.15) is 0 Å². The molecular formula is C15H17N3O2. The van der Waals surface area contributed by atoms with Crippen LogP contribution < -0.4 is 5.73 Å². The number of hydrogen-bond donors (Lipinski definition) is 2. The summed E-state index contributed by atoms with van der Waals surface area (Å²) in [6.07, 6.45) is 1.56. The molecule has 0 radical (unpaired) electrons. The Morgan fingerprint density at radius 1 is 1.35 bits per heavy atom. The van der Waals surface area contributed by atoms with Crippen molar-refractivity contribution in [1.29, 1.82) is 0 Å². The summed E-state index contributed by atoms with van der Waals surface area (Å²) in [5.74, 6) is -0.0362. The van der Waals surface area contributed by atoms with Gasteiger partial charge >= 0.3 is 0 Å². The number of H-pyrrole nitrogens is 1. The first kappa shape index (κ1) is 12.7. The minimum atomic E-state index is -0.0683. The van der Waals surface area contributed by atoms with Crippen molar-refractivity contribution in [2.75, 3.05) is 25.4 Å². The summed E-state index contributed by atoms with van der Waals surface area (Å²) < 4.78 is 5.76. The maximum absolute atomic E-state index is 12.4. The molecule has 0 aliphatic carbocycles. The third kappa shape index (κ3) is 2.53. The van der Waals surface area contributed by atoms with Crippen molar-refractivity contribution < 1.29 is 9.53 Å². The molecule has 0 bridgehead atoms. The molecule has 1 aliphatic rings. The Labute approximate surface area is 117 Å². The summed E-state index contributed by atoms with van der Waals surface area (Å²) in [4.78, 5) is 17.1. The van der Waals surface area contributed by atoms with Crippen LogP contribution in [0.1, 0.15) is 22.2 Å². The number of aromatic amines is 1. The standard InChI is InChI=1S/C15H17N3O2/c16-12-8-13(17-9-12)15(19)18-6-7-20-14(10-18)11-4-2-1-3-5-11/h1-5,8-9,14,17H,6-7,10,16H2. The predicted molar refractivity (Wildman–Crippen MR) is 76.2 cm³/mol. The number of amides is 1. The van der Waals surface area contributed by atoms with Gasteiger partial charge in [0, 0.05) is 18.4 Å². The molecule has 5 heteroatoms. The van der Waals surface area contributed by atoms with E-state index >= 15 is 0 Å². The zero-order valence-corrected chi connectivity index (χ0v) is 11.1. The molecule has 104 valence electrons. The van der Waals surface area contributed by atoms with Gasteiger partial charge in [0.25, 0.3) is 5.91 Å². The van der Waals surface area contributed by atoms with E-state index in [2.05, 4.69) is 4.98 Å². The van der Waals surface area contributed by atoms with E-state index in [1.165, 1.54) is 0 Å². The van der Waals surface area contributed by atoms with Gasteiger partial charge in [0.05, 0.1) is 13.2 Å². The number of hydrogen-bond acceptors (Lipinski definition) is 3. The molecule has 3 N–H and O–H groups in total. The highest BCUT2D eigenvalue weighted by atomic mass is 16.5. The van der Waals surface area contributed by atoms with Gasteiger partial charge in [-0.15, -0.1) is 0 Å². The Bertz CT molecular complexity index is 594. The predicted octanol–water partition coefficient (Wildman–Crippen LogP) is 1.81. The van der Waals surface area contributed by atoms with Crippen LogP contribution in [-0.2, 0) is 4.74 Å². The molecule has 1 aromatic heterocycles. The number of nitrogens with one attached hydrogen (secondary N) is 1. The van der Waals surface area contributed by atoms with Crippen molar-refractivity contribution in [3.63, 3.8) is 0 Å². The molecule has 1 saturated heterocycles. The molecule has 1 aliphatic heterocycles. The number of carbonyl (C=O) groups excluding carboxylic acids is 1. The minimum absolute atomic E-state index is 0.0362. The van der Waals surface area contributed by atoms with Crippen LogP contribution in [0.5, 0.6) is 0 Å². The van der Waals surface area contributed by atoms with E-state index in [9.17, 15) is 4.79 Å². The summed E-state index contributed by atoms with van der Waals surface area (Å²) >= 11 is 0. The van der Waals surface area contributed by atoms with Gasteiger partial charge in [-0.25, -0.2) is 0 Å². The summed E-state index contributed by atoms with van der Waals surface area (Å²) in [6, 6.07) is 11.6. The molecule has 5 nitrogen and oxygen atoms in total. The summed E-state index contributed by atoms with van der Waals surface area (Å²) in [5.41, 5.74) is 7.83. The SMILES string of the molecule is Nc1c[nH]c(C(=O)N2CCOC(c3ccccc3)C2)c1. The molecule has 0 saturated carbocycles. The van der Waals surface area contributed by atoms with Crippen LogP contribution in [0.25, 0.3) is 0 Å². The second-order valence-corrected chi connectivity index (χ2v) is 4.87. The fourth-order valence-corrected chi connectivity index (χ4v) is 2.41. The number of morpholine rings is 1. The largest absolute Gasteiger partial charge is 0.397 e. The molecule has 1 amide bonds. The average Bonchev–Trinajstić information content (AvgIpc) is 2.94. The van der Waals surface area contributed by atoms with Crippen LogP contribution >= 0.6 is 0 Å². The van der Waals surface area contributed by atoms with Crippen LogP contribution in [-0.4, -0.2) is 35.5 Å². The molecular weight excluding hydrogens is 254 g/mol. The van der Waals surface area contributed by atoms with Crippen LogP contribution in [0.4, 0.5) is 5.69 Å². The quantitative estimate of drug-likeness (QED) is 0.875. The number of aromatic nitrogens is 1. The van der Waals surface area contributed by atoms with E-state index < -0.39 is 0 Å². The molecule has 2 aromatic rings. The normalized spacial score (nSPS) is 19.0. The van der Waals surface area contributed by atoms with Crippen LogP contribution in [0.15, 0.2) is 42.6 Å². The molecule has 1 unspecified atom stereocenters. The number of anilines is 1. The lowest BCUT2D eigenvalue weighted by Crippen LogP contribution is -2.42. The van der Waals surface area contributed by atoms with Gasteiger partial charge in [0.1, 0.15) is 11.8 Å². The Hall–Kier alpha value is -2.27. The van der Waals surface area contributed by atoms with Gasteiger partial charge in [-0.1, -0.05) is 30.3 Å². The van der Waals surface area contributed by atoms with Crippen molar-refractivity contribution in [2.24, 2.45) is 0 Å². The molecule has 1 fully saturated rings. The highest BCUT2D eigenvalue weighted by Gasteiger charge is 2.26. The molecule has 3 rings (SSSR count). The lowest BCUT2D eigenvalue weighted by atomic mass is 10.1. The molecule has 1 atom stereocenters. The van der Waals surface area contributed by atoms with E-state index in [0.29, 0.717) is 31.1 Å². The average molecular weight is 271 g/mol. The topological polar surface area (TPSA) is 71.4 Å². The Morgan fingerprint density at radius 2 is 2.15 bits per heavy atom. The molecule has 2 heterocycles. The molecule has 0 spiro atoms. The van der Waals surface area contributed by atoms with Gasteiger partial charge in [-0.05, 0) is 11.6 Å². The van der Waals surface area contributed by atoms with E-state index in [0.717, 1.165) is 5.56 Å². The molecule has 1 aromatic carbocycles. The van der Waals surface area contributed by atoms with E-state index in [4.69, 9.17) is 10.5 Å². The Morgan fingerprint density at radius 3 is 2.85 bits per heavy atom. The number of benzene rings is 1. The first-order valence-corrected chi connectivity index (χ1v) is 6.64. The molecule has 20 heavy (non-hydrogen) atoms. The lowest BCUT2D eigenvalue weighted by Gasteiger charge is -2.33. The fourth-order valence-electron chi connectivity index (χ4n) is 2.41. The zero-order valence-electron chi connectivity index (χ0n) is 11.1. The van der Waals surface area contributed by atoms with Crippen molar-refractivity contribution in [1.82, 2.24) is 9.88 Å².